The van der Waals surface area contributed by atoms with E-state index < -0.39 is 0 Å². The van der Waals surface area contributed by atoms with E-state index in [2.05, 4.69) is 17.5 Å². The summed E-state index contributed by atoms with van der Waals surface area (Å²) >= 11 is 0. The van der Waals surface area contributed by atoms with E-state index in [1.807, 2.05) is 25.1 Å². The van der Waals surface area contributed by atoms with E-state index in [9.17, 15) is 4.79 Å². The third-order valence-electron chi connectivity index (χ3n) is 4.37. The minimum Gasteiger partial charge on any atom is -0.494 e. The predicted octanol–water partition coefficient (Wildman–Crippen LogP) is 4.19. The number of unbranched alkanes of at least 4 members (excludes halogenated alkanes) is 1. The largest absolute Gasteiger partial charge is 0.494 e. The lowest BCUT2D eigenvalue weighted by atomic mass is 10.0. The van der Waals surface area contributed by atoms with E-state index in [-0.39, 0.29) is 18.6 Å². The molecule has 6 heteroatoms. The predicted molar refractivity (Wildman–Crippen MR) is 108 cm³/mol. The molecule has 0 spiro atoms. The molecule has 1 N–H and O–H groups in total. The molecule has 148 valence electrons. The van der Waals surface area contributed by atoms with Crippen LogP contribution in [-0.2, 0) is 6.42 Å². The number of carbonyl (C=O) groups excluding carboxylic acids is 1. The Bertz CT molecular complexity index is 818. The Morgan fingerprint density at radius 3 is 2.79 bits per heavy atom. The van der Waals surface area contributed by atoms with Crippen molar-refractivity contribution in [2.45, 2.75) is 33.1 Å². The standard InChI is InChI=1S/C22H26N2O4/c1-3-4-11-26-19-8-6-18(7-9-19)22(25)24-23-14-16(2)12-17-5-10-20-21(13-17)28-15-27-20/h5-10,13-14,16H,3-4,11-12,15H2,1-2H3,(H,24,25)/b23-14-/t16-/m0/s1. The van der Waals surface area contributed by atoms with Crippen molar-refractivity contribution < 1.29 is 19.0 Å². The lowest BCUT2D eigenvalue weighted by Gasteiger charge is -2.07. The van der Waals surface area contributed by atoms with Crippen LogP contribution in [0.2, 0.25) is 0 Å². The van der Waals surface area contributed by atoms with Crippen LogP contribution in [0, 0.1) is 5.92 Å². The fourth-order valence-electron chi connectivity index (χ4n) is 2.82. The summed E-state index contributed by atoms with van der Waals surface area (Å²) in [5.41, 5.74) is 4.25. The molecule has 28 heavy (non-hydrogen) atoms. The Kier molecular flexibility index (Phi) is 6.89. The van der Waals surface area contributed by atoms with Crippen LogP contribution in [0.3, 0.4) is 0 Å². The molecule has 0 aliphatic carbocycles. The van der Waals surface area contributed by atoms with Crippen LogP contribution in [0.15, 0.2) is 47.6 Å². The van der Waals surface area contributed by atoms with Crippen LogP contribution in [-0.4, -0.2) is 25.5 Å². The summed E-state index contributed by atoms with van der Waals surface area (Å²) in [5.74, 6) is 2.24. The molecule has 1 atom stereocenters. The number of hydrogen-bond acceptors (Lipinski definition) is 5. The van der Waals surface area contributed by atoms with Crippen LogP contribution in [0.5, 0.6) is 17.2 Å². The monoisotopic (exact) mass is 382 g/mol. The number of carbonyl (C=O) groups is 1. The second kappa shape index (κ2) is 9.78. The highest BCUT2D eigenvalue weighted by atomic mass is 16.7. The molecule has 0 saturated heterocycles. The van der Waals surface area contributed by atoms with Gasteiger partial charge in [-0.1, -0.05) is 26.3 Å². The van der Waals surface area contributed by atoms with Crippen LogP contribution in [0.1, 0.15) is 42.6 Å². The van der Waals surface area contributed by atoms with Crippen molar-refractivity contribution >= 4 is 12.1 Å². The van der Waals surface area contributed by atoms with E-state index in [1.165, 1.54) is 0 Å². The Hall–Kier alpha value is -3.02. The van der Waals surface area contributed by atoms with Crippen LogP contribution in [0.4, 0.5) is 0 Å². The van der Waals surface area contributed by atoms with Gasteiger partial charge in [0.25, 0.3) is 5.91 Å². The molecule has 2 aromatic rings. The van der Waals surface area contributed by atoms with Crippen molar-refractivity contribution in [1.29, 1.82) is 0 Å². The molecule has 0 bridgehead atoms. The third-order valence-corrected chi connectivity index (χ3v) is 4.37. The van der Waals surface area contributed by atoms with E-state index in [0.29, 0.717) is 12.2 Å². The molecular weight excluding hydrogens is 356 g/mol. The molecule has 1 heterocycles. The first kappa shape index (κ1) is 19.7. The summed E-state index contributed by atoms with van der Waals surface area (Å²) in [6, 6.07) is 13.0. The van der Waals surface area contributed by atoms with Gasteiger partial charge in [-0.15, -0.1) is 0 Å². The maximum Gasteiger partial charge on any atom is 0.271 e. The van der Waals surface area contributed by atoms with E-state index in [0.717, 1.165) is 42.1 Å². The summed E-state index contributed by atoms with van der Waals surface area (Å²) in [6.07, 6.45) is 4.64. The molecule has 1 aliphatic rings. The van der Waals surface area contributed by atoms with E-state index in [1.54, 1.807) is 30.5 Å². The molecular formula is C22H26N2O4. The average Bonchev–Trinajstić information content (AvgIpc) is 3.16. The number of amides is 1. The SMILES string of the molecule is CCCCOc1ccc(C(=O)N/N=C\[C@@H](C)Cc2ccc3c(c2)OCO3)cc1. The topological polar surface area (TPSA) is 69.2 Å². The van der Waals surface area contributed by atoms with E-state index >= 15 is 0 Å². The molecule has 0 aromatic heterocycles. The molecule has 0 radical (unpaired) electrons. The smallest absolute Gasteiger partial charge is 0.271 e. The van der Waals surface area contributed by atoms with Gasteiger partial charge in [0.1, 0.15) is 5.75 Å². The van der Waals surface area contributed by atoms with Crippen LogP contribution in [0.25, 0.3) is 0 Å². The number of nitrogens with zero attached hydrogens (tertiary/aromatic N) is 1. The number of rotatable bonds is 9. The summed E-state index contributed by atoms with van der Waals surface area (Å²) in [7, 11) is 0. The van der Waals surface area contributed by atoms with E-state index in [4.69, 9.17) is 14.2 Å². The first-order valence-corrected chi connectivity index (χ1v) is 9.60. The number of fused-ring (bicyclic) bond motifs is 1. The maximum absolute atomic E-state index is 12.2. The molecule has 2 aromatic carbocycles. The van der Waals surface area contributed by atoms with Crippen LogP contribution < -0.4 is 19.6 Å². The lowest BCUT2D eigenvalue weighted by molar-refractivity contribution is 0.0955. The zero-order valence-electron chi connectivity index (χ0n) is 16.3. The van der Waals surface area contributed by atoms with Crippen molar-refractivity contribution in [3.63, 3.8) is 0 Å². The number of ether oxygens (including phenoxy) is 3. The molecule has 1 aliphatic heterocycles. The van der Waals surface area contributed by atoms with Crippen LogP contribution >= 0.6 is 0 Å². The molecule has 0 saturated carbocycles. The zero-order chi connectivity index (χ0) is 19.8. The van der Waals surface area contributed by atoms with Gasteiger partial charge < -0.3 is 14.2 Å². The maximum atomic E-state index is 12.2. The Morgan fingerprint density at radius 1 is 1.21 bits per heavy atom. The summed E-state index contributed by atoms with van der Waals surface area (Å²) < 4.78 is 16.3. The fourth-order valence-corrected chi connectivity index (χ4v) is 2.82. The molecule has 0 unspecified atom stereocenters. The van der Waals surface area contributed by atoms with Gasteiger partial charge in [0.2, 0.25) is 6.79 Å². The summed E-state index contributed by atoms with van der Waals surface area (Å²) in [4.78, 5) is 12.2. The first-order valence-electron chi connectivity index (χ1n) is 9.60. The second-order valence-corrected chi connectivity index (χ2v) is 6.81. The number of nitrogens with one attached hydrogen (secondary N) is 1. The number of benzene rings is 2. The number of hydrazone groups is 1. The minimum atomic E-state index is -0.244. The van der Waals surface area contributed by atoms with Crippen molar-refractivity contribution in [1.82, 2.24) is 5.43 Å². The Balaban J connectivity index is 1.46. The van der Waals surface area contributed by atoms with Crippen molar-refractivity contribution in [3.05, 3.63) is 53.6 Å². The zero-order valence-corrected chi connectivity index (χ0v) is 16.3. The molecule has 6 nitrogen and oxygen atoms in total. The van der Waals surface area contributed by atoms with Crippen molar-refractivity contribution in [2.75, 3.05) is 13.4 Å². The van der Waals surface area contributed by atoms with Gasteiger partial charge in [0.15, 0.2) is 11.5 Å². The highest BCUT2D eigenvalue weighted by molar-refractivity contribution is 5.94. The Labute approximate surface area is 165 Å². The fraction of sp³-hybridized carbons (Fsp3) is 0.364. The average molecular weight is 382 g/mol. The quantitative estimate of drug-likeness (QED) is 0.401. The van der Waals surface area contributed by atoms with Gasteiger partial charge in [0, 0.05) is 11.8 Å². The summed E-state index contributed by atoms with van der Waals surface area (Å²) in [5, 5.41) is 4.09. The normalized spacial score (nSPS) is 13.5. The first-order chi connectivity index (χ1) is 13.7. The van der Waals surface area contributed by atoms with Gasteiger partial charge in [-0.2, -0.15) is 5.10 Å². The highest BCUT2D eigenvalue weighted by Gasteiger charge is 2.14. The van der Waals surface area contributed by atoms with Crippen molar-refractivity contribution in [2.24, 2.45) is 11.0 Å². The molecule has 3 rings (SSSR count). The molecule has 0 fully saturated rings. The number of hydrogen-bond donors (Lipinski definition) is 1. The van der Waals surface area contributed by atoms with Crippen molar-refractivity contribution in [3.8, 4) is 17.2 Å². The lowest BCUT2D eigenvalue weighted by Crippen LogP contribution is -2.18. The van der Waals surface area contributed by atoms with Gasteiger partial charge in [0.05, 0.1) is 6.61 Å². The van der Waals surface area contributed by atoms with Gasteiger partial charge in [-0.3, -0.25) is 4.79 Å². The minimum absolute atomic E-state index is 0.162. The van der Waals surface area contributed by atoms with Gasteiger partial charge in [-0.25, -0.2) is 5.43 Å². The van der Waals surface area contributed by atoms with Gasteiger partial charge in [-0.05, 0) is 60.7 Å². The Morgan fingerprint density at radius 2 is 2.00 bits per heavy atom. The second-order valence-electron chi connectivity index (χ2n) is 6.81. The third kappa shape index (κ3) is 5.49. The molecule has 1 amide bonds. The highest BCUT2D eigenvalue weighted by Crippen LogP contribution is 2.32. The van der Waals surface area contributed by atoms with Gasteiger partial charge >= 0.3 is 0 Å². The summed E-state index contributed by atoms with van der Waals surface area (Å²) in [6.45, 7) is 5.12.